The molecule has 18 heavy (non-hydrogen) atoms. The van der Waals surface area contributed by atoms with Crippen molar-refractivity contribution in [1.82, 2.24) is 15.1 Å². The lowest BCUT2D eigenvalue weighted by molar-refractivity contribution is 0.264. The van der Waals surface area contributed by atoms with Crippen LogP contribution in [0.2, 0.25) is 0 Å². The third-order valence-corrected chi connectivity index (χ3v) is 2.79. The van der Waals surface area contributed by atoms with Crippen LogP contribution < -0.4 is 0 Å². The van der Waals surface area contributed by atoms with Gasteiger partial charge in [0.2, 0.25) is 11.8 Å². The number of halogens is 1. The van der Waals surface area contributed by atoms with Gasteiger partial charge in [0, 0.05) is 5.56 Å². The van der Waals surface area contributed by atoms with E-state index in [1.54, 1.807) is 12.1 Å². The molecule has 2 aromatic rings. The summed E-state index contributed by atoms with van der Waals surface area (Å²) in [6.07, 6.45) is 0. The molecule has 4 nitrogen and oxygen atoms in total. The Hall–Kier alpha value is -1.75. The van der Waals surface area contributed by atoms with Crippen molar-refractivity contribution in [2.75, 3.05) is 13.1 Å². The van der Waals surface area contributed by atoms with E-state index in [1.165, 1.54) is 12.1 Å². The molecule has 0 N–H and O–H groups in total. The van der Waals surface area contributed by atoms with Crippen molar-refractivity contribution in [3.63, 3.8) is 0 Å². The van der Waals surface area contributed by atoms with Crippen molar-refractivity contribution in [3.05, 3.63) is 36.0 Å². The van der Waals surface area contributed by atoms with E-state index in [1.807, 2.05) is 0 Å². The second-order valence-corrected chi connectivity index (χ2v) is 3.97. The van der Waals surface area contributed by atoms with E-state index in [4.69, 9.17) is 4.42 Å². The number of hydrogen-bond acceptors (Lipinski definition) is 4. The van der Waals surface area contributed by atoms with Crippen LogP contribution in [0.3, 0.4) is 0 Å². The molecule has 1 aromatic heterocycles. The van der Waals surface area contributed by atoms with Crippen molar-refractivity contribution >= 4 is 0 Å². The van der Waals surface area contributed by atoms with Gasteiger partial charge in [-0.15, -0.1) is 10.2 Å². The average Bonchev–Trinajstić information content (AvgIpc) is 2.84. The normalized spacial score (nSPS) is 11.1. The van der Waals surface area contributed by atoms with Crippen molar-refractivity contribution in [2.45, 2.75) is 20.4 Å². The first-order valence-corrected chi connectivity index (χ1v) is 6.03. The van der Waals surface area contributed by atoms with E-state index in [-0.39, 0.29) is 5.82 Å². The minimum atomic E-state index is -0.309. The van der Waals surface area contributed by atoms with E-state index in [0.717, 1.165) is 13.1 Å². The van der Waals surface area contributed by atoms with Crippen LogP contribution in [0.5, 0.6) is 0 Å². The Bertz CT molecular complexity index is 508. The molecular weight excluding hydrogens is 233 g/mol. The van der Waals surface area contributed by atoms with Gasteiger partial charge in [-0.1, -0.05) is 19.9 Å². The minimum absolute atomic E-state index is 0.309. The fourth-order valence-corrected chi connectivity index (χ4v) is 1.69. The van der Waals surface area contributed by atoms with Crippen molar-refractivity contribution in [1.29, 1.82) is 0 Å². The van der Waals surface area contributed by atoms with E-state index in [9.17, 15) is 4.39 Å². The molecule has 0 aliphatic heterocycles. The molecule has 0 amide bonds. The van der Waals surface area contributed by atoms with Crippen LogP contribution in [0.1, 0.15) is 19.7 Å². The zero-order chi connectivity index (χ0) is 13.0. The fraction of sp³-hybridized carbons (Fsp3) is 0.385. The largest absolute Gasteiger partial charge is 0.419 e. The fourth-order valence-electron chi connectivity index (χ4n) is 1.69. The lowest BCUT2D eigenvalue weighted by atomic mass is 10.2. The quantitative estimate of drug-likeness (QED) is 0.817. The van der Waals surface area contributed by atoms with Gasteiger partial charge in [0.1, 0.15) is 5.82 Å². The molecule has 1 heterocycles. The summed E-state index contributed by atoms with van der Waals surface area (Å²) in [5.74, 6) is 0.602. The maximum absolute atomic E-state index is 13.1. The number of nitrogens with zero attached hydrogens (tertiary/aromatic N) is 3. The van der Waals surface area contributed by atoms with Crippen LogP contribution in [0.4, 0.5) is 4.39 Å². The second kappa shape index (κ2) is 5.73. The Kier molecular flexibility index (Phi) is 4.04. The molecule has 0 spiro atoms. The molecule has 0 aliphatic carbocycles. The third-order valence-electron chi connectivity index (χ3n) is 2.79. The van der Waals surface area contributed by atoms with Gasteiger partial charge in [0.25, 0.3) is 0 Å². The Morgan fingerprint density at radius 2 is 2.00 bits per heavy atom. The summed E-state index contributed by atoms with van der Waals surface area (Å²) in [4.78, 5) is 2.17. The number of benzene rings is 1. The second-order valence-electron chi connectivity index (χ2n) is 3.97. The van der Waals surface area contributed by atoms with E-state index < -0.39 is 0 Å². The third kappa shape index (κ3) is 2.92. The van der Waals surface area contributed by atoms with Gasteiger partial charge in [0.15, 0.2) is 0 Å². The monoisotopic (exact) mass is 249 g/mol. The summed E-state index contributed by atoms with van der Waals surface area (Å²) in [5.41, 5.74) is 0.605. The van der Waals surface area contributed by atoms with Gasteiger partial charge in [-0.25, -0.2) is 4.39 Å². The zero-order valence-corrected chi connectivity index (χ0v) is 10.6. The Labute approximate surface area is 105 Å². The summed E-state index contributed by atoms with van der Waals surface area (Å²) >= 11 is 0. The molecule has 96 valence electrons. The van der Waals surface area contributed by atoms with Crippen LogP contribution in [0.15, 0.2) is 28.7 Å². The lowest BCUT2D eigenvalue weighted by Gasteiger charge is -2.14. The van der Waals surface area contributed by atoms with Crippen LogP contribution in [-0.2, 0) is 6.54 Å². The smallest absolute Gasteiger partial charge is 0.247 e. The minimum Gasteiger partial charge on any atom is -0.419 e. The Balaban J connectivity index is 2.15. The molecule has 0 bridgehead atoms. The van der Waals surface area contributed by atoms with Crippen molar-refractivity contribution in [2.24, 2.45) is 0 Å². The molecule has 0 unspecified atom stereocenters. The van der Waals surface area contributed by atoms with Crippen LogP contribution >= 0.6 is 0 Å². The first-order chi connectivity index (χ1) is 8.72. The van der Waals surface area contributed by atoms with Crippen molar-refractivity contribution in [3.8, 4) is 11.5 Å². The van der Waals surface area contributed by atoms with Gasteiger partial charge in [-0.3, -0.25) is 4.90 Å². The lowest BCUT2D eigenvalue weighted by Crippen LogP contribution is -2.22. The van der Waals surface area contributed by atoms with Gasteiger partial charge in [-0.05, 0) is 31.3 Å². The summed E-state index contributed by atoms with van der Waals surface area (Å²) < 4.78 is 18.6. The molecule has 1 aromatic carbocycles. The SMILES string of the molecule is CCN(CC)Cc1nnc(-c2cccc(F)c2)o1. The molecule has 0 atom stereocenters. The molecule has 0 fully saturated rings. The van der Waals surface area contributed by atoms with Crippen LogP contribution in [0, 0.1) is 5.82 Å². The Morgan fingerprint density at radius 1 is 1.22 bits per heavy atom. The summed E-state index contributed by atoms with van der Waals surface area (Å²) in [6, 6.07) is 6.14. The maximum Gasteiger partial charge on any atom is 0.247 e. The van der Waals surface area contributed by atoms with Crippen LogP contribution in [-0.4, -0.2) is 28.2 Å². The van der Waals surface area contributed by atoms with Gasteiger partial charge in [0.05, 0.1) is 6.54 Å². The van der Waals surface area contributed by atoms with E-state index >= 15 is 0 Å². The topological polar surface area (TPSA) is 42.2 Å². The zero-order valence-electron chi connectivity index (χ0n) is 10.6. The highest BCUT2D eigenvalue weighted by molar-refractivity contribution is 5.52. The molecular formula is C13H16FN3O. The molecule has 5 heteroatoms. The highest BCUT2D eigenvalue weighted by atomic mass is 19.1. The molecule has 0 saturated heterocycles. The molecule has 0 radical (unpaired) electrons. The van der Waals surface area contributed by atoms with Gasteiger partial charge >= 0.3 is 0 Å². The van der Waals surface area contributed by atoms with Gasteiger partial charge < -0.3 is 4.42 Å². The highest BCUT2D eigenvalue weighted by Gasteiger charge is 2.11. The maximum atomic E-state index is 13.1. The summed E-state index contributed by atoms with van der Waals surface area (Å²) in [7, 11) is 0. The molecule has 2 rings (SSSR count). The predicted octanol–water partition coefficient (Wildman–Crippen LogP) is 2.72. The molecule has 0 saturated carbocycles. The van der Waals surface area contributed by atoms with E-state index in [0.29, 0.717) is 23.9 Å². The number of rotatable bonds is 5. The Morgan fingerprint density at radius 3 is 2.67 bits per heavy atom. The predicted molar refractivity (Wildman–Crippen MR) is 66.3 cm³/mol. The highest BCUT2D eigenvalue weighted by Crippen LogP contribution is 2.19. The van der Waals surface area contributed by atoms with Crippen LogP contribution in [0.25, 0.3) is 11.5 Å². The first-order valence-electron chi connectivity index (χ1n) is 6.03. The average molecular weight is 249 g/mol. The van der Waals surface area contributed by atoms with E-state index in [2.05, 4.69) is 28.9 Å². The summed E-state index contributed by atoms with van der Waals surface area (Å²) in [5, 5.41) is 7.92. The van der Waals surface area contributed by atoms with Crippen molar-refractivity contribution < 1.29 is 8.81 Å². The number of aromatic nitrogens is 2. The first kappa shape index (κ1) is 12.7. The van der Waals surface area contributed by atoms with Gasteiger partial charge in [-0.2, -0.15) is 0 Å². The number of hydrogen-bond donors (Lipinski definition) is 0. The molecule has 0 aliphatic rings. The summed E-state index contributed by atoms with van der Waals surface area (Å²) in [6.45, 7) is 6.62. The standard InChI is InChI=1S/C13H16FN3O/c1-3-17(4-2)9-12-15-16-13(18-12)10-6-5-7-11(14)8-10/h5-8H,3-4,9H2,1-2H3.